The van der Waals surface area contributed by atoms with Gasteiger partial charge in [0.05, 0.1) is 13.0 Å². The molecule has 1 fully saturated rings. The highest BCUT2D eigenvalue weighted by atomic mass is 16.5. The third kappa shape index (κ3) is 4.62. The quantitative estimate of drug-likeness (QED) is 0.842. The second-order valence-corrected chi connectivity index (χ2v) is 9.20. The number of nitrogens with one attached hydrogen (secondary N) is 2. The molecule has 27 heavy (non-hydrogen) atoms. The van der Waals surface area contributed by atoms with Gasteiger partial charge in [-0.25, -0.2) is 0 Å². The van der Waals surface area contributed by atoms with Crippen molar-refractivity contribution in [2.24, 2.45) is 0 Å². The lowest BCUT2D eigenvalue weighted by Crippen LogP contribution is -2.62. The Hall–Kier alpha value is -2.07. The van der Waals surface area contributed by atoms with Gasteiger partial charge in [-0.3, -0.25) is 4.79 Å². The summed E-state index contributed by atoms with van der Waals surface area (Å²) < 4.78 is 5.29. The molecule has 0 radical (unpaired) electrons. The lowest BCUT2D eigenvalue weighted by atomic mass is 9.79. The van der Waals surface area contributed by atoms with Crippen molar-refractivity contribution in [3.63, 3.8) is 0 Å². The summed E-state index contributed by atoms with van der Waals surface area (Å²) in [6, 6.07) is 12.4. The summed E-state index contributed by atoms with van der Waals surface area (Å²) in [5, 5.41) is 9.20. The number of carbonyl (C=O) groups excluding carboxylic acids is 1. The van der Waals surface area contributed by atoms with Crippen molar-refractivity contribution in [3.8, 4) is 5.75 Å². The summed E-state index contributed by atoms with van der Waals surface area (Å²) in [6.07, 6.45) is 1.87. The Labute approximate surface area is 162 Å². The number of hydrogen-bond donors (Lipinski definition) is 2. The highest BCUT2D eigenvalue weighted by molar-refractivity contribution is 5.88. The molecule has 2 aromatic carbocycles. The van der Waals surface area contributed by atoms with E-state index in [2.05, 4.69) is 50.5 Å². The average molecular weight is 369 g/mol. The monoisotopic (exact) mass is 368 g/mol. The first-order chi connectivity index (χ1) is 12.6. The molecule has 4 heteroatoms. The Bertz CT molecular complexity index is 825. The van der Waals surface area contributed by atoms with E-state index in [1.54, 1.807) is 7.11 Å². The van der Waals surface area contributed by atoms with Gasteiger partial charge in [0.25, 0.3) is 0 Å². The summed E-state index contributed by atoms with van der Waals surface area (Å²) in [4.78, 5) is 12.9. The predicted octanol–water partition coefficient (Wildman–Crippen LogP) is 4.38. The van der Waals surface area contributed by atoms with Crippen molar-refractivity contribution in [1.82, 2.24) is 10.6 Å². The Morgan fingerprint density at radius 3 is 2.30 bits per heavy atom. The number of ether oxygens (including phenoxy) is 1. The summed E-state index contributed by atoms with van der Waals surface area (Å²) in [5.41, 5.74) is 1.08. The molecule has 2 aromatic rings. The third-order valence-electron chi connectivity index (χ3n) is 5.50. The number of methoxy groups -OCH3 is 1. The number of fused-ring (bicyclic) bond motifs is 1. The van der Waals surface area contributed by atoms with E-state index >= 15 is 0 Å². The molecule has 1 amide bonds. The van der Waals surface area contributed by atoms with Gasteiger partial charge in [0, 0.05) is 17.1 Å². The first-order valence-corrected chi connectivity index (χ1v) is 9.76. The molecule has 1 saturated heterocycles. The van der Waals surface area contributed by atoms with E-state index < -0.39 is 0 Å². The molecule has 4 nitrogen and oxygen atoms in total. The summed E-state index contributed by atoms with van der Waals surface area (Å²) in [7, 11) is 1.67. The minimum Gasteiger partial charge on any atom is -0.497 e. The molecule has 1 atom stereocenters. The number of carbonyl (C=O) groups is 1. The number of amides is 1. The van der Waals surface area contributed by atoms with Crippen LogP contribution in [0.4, 0.5) is 0 Å². The molecule has 0 spiro atoms. The van der Waals surface area contributed by atoms with Gasteiger partial charge in [-0.15, -0.1) is 0 Å². The van der Waals surface area contributed by atoms with Gasteiger partial charge in [-0.1, -0.05) is 24.3 Å². The van der Waals surface area contributed by atoms with Crippen LogP contribution < -0.4 is 15.4 Å². The second-order valence-electron chi connectivity index (χ2n) is 9.20. The van der Waals surface area contributed by atoms with Crippen LogP contribution in [0.2, 0.25) is 0 Å². The van der Waals surface area contributed by atoms with Crippen LogP contribution in [-0.4, -0.2) is 30.1 Å². The zero-order chi connectivity index (χ0) is 19.8. The van der Waals surface area contributed by atoms with Crippen LogP contribution >= 0.6 is 0 Å². The van der Waals surface area contributed by atoms with Crippen LogP contribution in [0.1, 0.15) is 58.9 Å². The topological polar surface area (TPSA) is 50.4 Å². The summed E-state index contributed by atoms with van der Waals surface area (Å²) >= 11 is 0. The molecular weight excluding hydrogens is 336 g/mol. The minimum atomic E-state index is -0.183. The Morgan fingerprint density at radius 2 is 1.67 bits per heavy atom. The fourth-order valence-electron chi connectivity index (χ4n) is 4.54. The first-order valence-electron chi connectivity index (χ1n) is 9.76. The lowest BCUT2D eigenvalue weighted by molar-refractivity contribution is -0.123. The fraction of sp³-hybridized carbons (Fsp3) is 0.522. The Balaban J connectivity index is 1.74. The van der Waals surface area contributed by atoms with E-state index in [0.29, 0.717) is 0 Å². The maximum absolute atomic E-state index is 12.9. The van der Waals surface area contributed by atoms with Crippen LogP contribution in [0.25, 0.3) is 10.8 Å². The highest BCUT2D eigenvalue weighted by Crippen LogP contribution is 2.30. The number of piperidine rings is 1. The summed E-state index contributed by atoms with van der Waals surface area (Å²) in [6.45, 7) is 10.8. The van der Waals surface area contributed by atoms with Gasteiger partial charge >= 0.3 is 0 Å². The van der Waals surface area contributed by atoms with Crippen molar-refractivity contribution < 1.29 is 9.53 Å². The number of benzene rings is 2. The van der Waals surface area contributed by atoms with Crippen molar-refractivity contribution in [2.45, 2.75) is 70.5 Å². The van der Waals surface area contributed by atoms with Crippen molar-refractivity contribution in [3.05, 3.63) is 42.0 Å². The predicted molar refractivity (Wildman–Crippen MR) is 111 cm³/mol. The molecule has 0 aromatic heterocycles. The van der Waals surface area contributed by atoms with Crippen LogP contribution in [-0.2, 0) is 4.79 Å². The highest BCUT2D eigenvalue weighted by Gasteiger charge is 2.38. The van der Waals surface area contributed by atoms with E-state index in [0.717, 1.165) is 34.9 Å². The number of hydrogen-bond acceptors (Lipinski definition) is 3. The molecule has 0 aliphatic carbocycles. The van der Waals surface area contributed by atoms with Crippen LogP contribution in [0.3, 0.4) is 0 Å². The molecule has 2 N–H and O–H groups in total. The molecule has 1 heterocycles. The van der Waals surface area contributed by atoms with Gasteiger partial charge < -0.3 is 15.4 Å². The van der Waals surface area contributed by atoms with E-state index in [9.17, 15) is 4.79 Å². The van der Waals surface area contributed by atoms with Crippen LogP contribution in [0.5, 0.6) is 5.75 Å². The van der Waals surface area contributed by atoms with Gasteiger partial charge in [0.1, 0.15) is 5.75 Å². The van der Waals surface area contributed by atoms with Crippen molar-refractivity contribution in [1.29, 1.82) is 0 Å². The molecular formula is C23H32N2O2. The SMILES string of the molecule is COc1ccc2cc([C@H](C)C(=O)NC3CC(C)(C)NC(C)(C)C3)ccc2c1. The Kier molecular flexibility index (Phi) is 5.22. The van der Waals surface area contributed by atoms with E-state index in [1.807, 2.05) is 31.2 Å². The summed E-state index contributed by atoms with van der Waals surface area (Å²) in [5.74, 6) is 0.760. The maximum Gasteiger partial charge on any atom is 0.227 e. The first kappa shape index (κ1) is 19.7. The normalized spacial score (nSPS) is 20.2. The van der Waals surface area contributed by atoms with E-state index in [1.165, 1.54) is 0 Å². The molecule has 0 bridgehead atoms. The Morgan fingerprint density at radius 1 is 1.07 bits per heavy atom. The molecule has 0 unspecified atom stereocenters. The van der Waals surface area contributed by atoms with Crippen molar-refractivity contribution in [2.75, 3.05) is 7.11 Å². The fourth-order valence-corrected chi connectivity index (χ4v) is 4.54. The molecule has 146 valence electrons. The van der Waals surface area contributed by atoms with Crippen LogP contribution in [0.15, 0.2) is 36.4 Å². The number of rotatable bonds is 4. The van der Waals surface area contributed by atoms with Crippen molar-refractivity contribution >= 4 is 16.7 Å². The standard InChI is InChI=1S/C23H32N2O2/c1-15(16-7-8-18-12-20(27-6)10-9-17(18)11-16)21(26)24-19-13-22(2,3)25-23(4,5)14-19/h7-12,15,19,25H,13-14H2,1-6H3,(H,24,26)/t15-/m0/s1. The largest absolute Gasteiger partial charge is 0.497 e. The average Bonchev–Trinajstić information content (AvgIpc) is 2.57. The molecule has 3 rings (SSSR count). The van der Waals surface area contributed by atoms with Gasteiger partial charge in [0.2, 0.25) is 5.91 Å². The minimum absolute atomic E-state index is 0.0188. The zero-order valence-electron chi connectivity index (χ0n) is 17.3. The zero-order valence-corrected chi connectivity index (χ0v) is 17.3. The second kappa shape index (κ2) is 7.16. The van der Waals surface area contributed by atoms with Gasteiger partial charge in [0.15, 0.2) is 0 Å². The van der Waals surface area contributed by atoms with E-state index in [-0.39, 0.29) is 28.9 Å². The molecule has 1 aliphatic rings. The smallest absolute Gasteiger partial charge is 0.227 e. The van der Waals surface area contributed by atoms with E-state index in [4.69, 9.17) is 4.74 Å². The lowest BCUT2D eigenvalue weighted by Gasteiger charge is -2.46. The van der Waals surface area contributed by atoms with Crippen LogP contribution in [0, 0.1) is 0 Å². The van der Waals surface area contributed by atoms with Gasteiger partial charge in [-0.05, 0) is 75.9 Å². The maximum atomic E-state index is 12.9. The van der Waals surface area contributed by atoms with Gasteiger partial charge in [-0.2, -0.15) is 0 Å². The third-order valence-corrected chi connectivity index (χ3v) is 5.50. The molecule has 0 saturated carbocycles. The molecule has 1 aliphatic heterocycles.